The van der Waals surface area contributed by atoms with E-state index in [1.807, 2.05) is 19.9 Å². The van der Waals surface area contributed by atoms with Crippen LogP contribution in [-0.2, 0) is 9.57 Å². The smallest absolute Gasteiger partial charge is 0.410 e. The summed E-state index contributed by atoms with van der Waals surface area (Å²) in [6.45, 7) is 4.89. The van der Waals surface area contributed by atoms with Gasteiger partial charge in [-0.25, -0.2) is 4.79 Å². The fourth-order valence-corrected chi connectivity index (χ4v) is 1.42. The first-order valence-corrected chi connectivity index (χ1v) is 5.34. The maximum absolute atomic E-state index is 11.6. The van der Waals surface area contributed by atoms with Gasteiger partial charge in [-0.3, -0.25) is 0 Å². The summed E-state index contributed by atoms with van der Waals surface area (Å²) < 4.78 is 5.13. The van der Waals surface area contributed by atoms with E-state index in [0.717, 1.165) is 12.0 Å². The molecular formula is C11H18N2O3. The lowest BCUT2D eigenvalue weighted by atomic mass is 10.1. The van der Waals surface area contributed by atoms with Gasteiger partial charge in [-0.2, -0.15) is 0 Å². The molecule has 0 fully saturated rings. The van der Waals surface area contributed by atoms with Crippen molar-refractivity contribution < 1.29 is 14.4 Å². The predicted octanol–water partition coefficient (Wildman–Crippen LogP) is 1.80. The van der Waals surface area contributed by atoms with Gasteiger partial charge in [-0.1, -0.05) is 11.2 Å². The molecule has 0 aromatic carbocycles. The normalized spacial score (nSPS) is 16.5. The van der Waals surface area contributed by atoms with E-state index < -0.39 is 0 Å². The van der Waals surface area contributed by atoms with Crippen LogP contribution < -0.4 is 0 Å². The van der Waals surface area contributed by atoms with E-state index in [1.165, 1.54) is 7.11 Å². The third-order valence-corrected chi connectivity index (χ3v) is 2.10. The molecule has 1 heterocycles. The second-order valence-corrected chi connectivity index (χ2v) is 3.84. The molecule has 0 N–H and O–H groups in total. The van der Waals surface area contributed by atoms with Gasteiger partial charge >= 0.3 is 6.09 Å². The van der Waals surface area contributed by atoms with Crippen LogP contribution >= 0.6 is 0 Å². The molecule has 0 aliphatic carbocycles. The number of ether oxygens (including phenoxy) is 1. The maximum Gasteiger partial charge on any atom is 0.410 e. The van der Waals surface area contributed by atoms with E-state index in [9.17, 15) is 4.79 Å². The largest absolute Gasteiger partial charge is 0.447 e. The van der Waals surface area contributed by atoms with E-state index in [1.54, 1.807) is 11.1 Å². The van der Waals surface area contributed by atoms with Gasteiger partial charge in [0.2, 0.25) is 0 Å². The average molecular weight is 226 g/mol. The van der Waals surface area contributed by atoms with Crippen LogP contribution in [0.15, 0.2) is 16.8 Å². The van der Waals surface area contributed by atoms with Crippen molar-refractivity contribution in [3.05, 3.63) is 11.6 Å². The van der Waals surface area contributed by atoms with E-state index >= 15 is 0 Å². The fourth-order valence-electron chi connectivity index (χ4n) is 1.42. The summed E-state index contributed by atoms with van der Waals surface area (Å²) in [5.41, 5.74) is 0.966. The first kappa shape index (κ1) is 12.5. The Labute approximate surface area is 95.7 Å². The summed E-state index contributed by atoms with van der Waals surface area (Å²) in [6.07, 6.45) is 4.12. The Morgan fingerprint density at radius 2 is 2.38 bits per heavy atom. The molecule has 0 aromatic rings. The van der Waals surface area contributed by atoms with E-state index in [0.29, 0.717) is 13.1 Å². The molecule has 1 rings (SSSR count). The molecule has 0 saturated heterocycles. The molecule has 0 saturated carbocycles. The summed E-state index contributed by atoms with van der Waals surface area (Å²) >= 11 is 0. The molecule has 0 bridgehead atoms. The highest BCUT2D eigenvalue weighted by atomic mass is 16.6. The summed E-state index contributed by atoms with van der Waals surface area (Å²) in [5, 5.41) is 3.68. The number of rotatable bonds is 3. The average Bonchev–Trinajstić information content (AvgIpc) is 2.26. The Kier molecular flexibility index (Phi) is 4.82. The molecule has 0 radical (unpaired) electrons. The van der Waals surface area contributed by atoms with Crippen molar-refractivity contribution >= 4 is 12.3 Å². The summed E-state index contributed by atoms with van der Waals surface area (Å²) in [4.78, 5) is 17.9. The molecule has 16 heavy (non-hydrogen) atoms. The number of carbonyl (C=O) groups excluding carboxylic acids is 1. The van der Waals surface area contributed by atoms with Crippen LogP contribution in [0.4, 0.5) is 4.79 Å². The number of nitrogens with zero attached hydrogens (tertiary/aromatic N) is 2. The van der Waals surface area contributed by atoms with Crippen LogP contribution in [-0.4, -0.2) is 43.5 Å². The Morgan fingerprint density at radius 3 is 3.00 bits per heavy atom. The summed E-state index contributed by atoms with van der Waals surface area (Å²) in [7, 11) is 1.49. The predicted molar refractivity (Wildman–Crippen MR) is 61.4 cm³/mol. The quantitative estimate of drug-likeness (QED) is 0.544. The van der Waals surface area contributed by atoms with E-state index in [-0.39, 0.29) is 12.2 Å². The second-order valence-electron chi connectivity index (χ2n) is 3.84. The molecule has 5 nitrogen and oxygen atoms in total. The SMILES string of the molecule is CO/N=C\C1=CCCN(C(=O)OC(C)C)C1. The number of hydrogen-bond donors (Lipinski definition) is 0. The Balaban J connectivity index is 2.51. The van der Waals surface area contributed by atoms with Crippen LogP contribution in [0.5, 0.6) is 0 Å². The highest BCUT2D eigenvalue weighted by molar-refractivity contribution is 5.80. The van der Waals surface area contributed by atoms with Crippen LogP contribution in [0.2, 0.25) is 0 Å². The van der Waals surface area contributed by atoms with Crippen molar-refractivity contribution in [2.24, 2.45) is 5.16 Å². The number of carbonyl (C=O) groups is 1. The van der Waals surface area contributed by atoms with Gasteiger partial charge in [0, 0.05) is 6.54 Å². The van der Waals surface area contributed by atoms with Crippen molar-refractivity contribution in [1.29, 1.82) is 0 Å². The minimum absolute atomic E-state index is 0.0884. The first-order chi connectivity index (χ1) is 7.63. The van der Waals surface area contributed by atoms with Gasteiger partial charge in [0.15, 0.2) is 0 Å². The van der Waals surface area contributed by atoms with Gasteiger partial charge in [-0.15, -0.1) is 0 Å². The molecule has 0 aromatic heterocycles. The van der Waals surface area contributed by atoms with Crippen molar-refractivity contribution in [1.82, 2.24) is 4.90 Å². The van der Waals surface area contributed by atoms with Gasteiger partial charge < -0.3 is 14.5 Å². The zero-order valence-electron chi connectivity index (χ0n) is 9.97. The minimum atomic E-state index is -0.272. The van der Waals surface area contributed by atoms with Gasteiger partial charge in [0.1, 0.15) is 7.11 Å². The summed E-state index contributed by atoms with van der Waals surface area (Å²) in [5.74, 6) is 0. The number of oxime groups is 1. The second kappa shape index (κ2) is 6.15. The molecule has 0 atom stereocenters. The van der Waals surface area contributed by atoms with E-state index in [4.69, 9.17) is 4.74 Å². The van der Waals surface area contributed by atoms with Crippen LogP contribution in [0.25, 0.3) is 0 Å². The van der Waals surface area contributed by atoms with Crippen molar-refractivity contribution in [3.63, 3.8) is 0 Å². The zero-order valence-corrected chi connectivity index (χ0v) is 9.97. The van der Waals surface area contributed by atoms with Crippen LogP contribution in [0.3, 0.4) is 0 Å². The minimum Gasteiger partial charge on any atom is -0.447 e. The topological polar surface area (TPSA) is 51.1 Å². The van der Waals surface area contributed by atoms with E-state index in [2.05, 4.69) is 9.99 Å². The number of hydrogen-bond acceptors (Lipinski definition) is 4. The molecular weight excluding hydrogens is 208 g/mol. The Morgan fingerprint density at radius 1 is 1.62 bits per heavy atom. The molecule has 0 spiro atoms. The monoisotopic (exact) mass is 226 g/mol. The van der Waals surface area contributed by atoms with Gasteiger partial charge in [0.25, 0.3) is 0 Å². The third-order valence-electron chi connectivity index (χ3n) is 2.10. The fraction of sp³-hybridized carbons (Fsp3) is 0.636. The highest BCUT2D eigenvalue weighted by Gasteiger charge is 2.19. The van der Waals surface area contributed by atoms with Crippen LogP contribution in [0.1, 0.15) is 20.3 Å². The highest BCUT2D eigenvalue weighted by Crippen LogP contribution is 2.10. The Bertz CT molecular complexity index is 298. The molecule has 0 unspecified atom stereocenters. The van der Waals surface area contributed by atoms with Crippen molar-refractivity contribution in [3.8, 4) is 0 Å². The molecule has 90 valence electrons. The first-order valence-electron chi connectivity index (χ1n) is 5.34. The number of amides is 1. The zero-order chi connectivity index (χ0) is 12.0. The Hall–Kier alpha value is -1.52. The lowest BCUT2D eigenvalue weighted by molar-refractivity contribution is 0.0791. The molecule has 1 amide bonds. The summed E-state index contributed by atoms with van der Waals surface area (Å²) in [6, 6.07) is 0. The van der Waals surface area contributed by atoms with Crippen LogP contribution in [0, 0.1) is 0 Å². The lowest BCUT2D eigenvalue weighted by Gasteiger charge is -2.26. The maximum atomic E-state index is 11.6. The molecule has 5 heteroatoms. The standard InChI is InChI=1S/C11H18N2O3/c1-9(2)16-11(14)13-6-4-5-10(8-13)7-12-15-3/h5,7,9H,4,6,8H2,1-3H3/b12-7-. The van der Waals surface area contributed by atoms with Gasteiger partial charge in [-0.05, 0) is 25.8 Å². The van der Waals surface area contributed by atoms with Crippen molar-refractivity contribution in [2.45, 2.75) is 26.4 Å². The van der Waals surface area contributed by atoms with Gasteiger partial charge in [0.05, 0.1) is 18.9 Å². The third kappa shape index (κ3) is 3.92. The van der Waals surface area contributed by atoms with Crippen molar-refractivity contribution in [2.75, 3.05) is 20.2 Å². The lowest BCUT2D eigenvalue weighted by Crippen LogP contribution is -2.37. The molecule has 1 aliphatic heterocycles. The molecule has 1 aliphatic rings.